The first-order valence-corrected chi connectivity index (χ1v) is 8.14. The van der Waals surface area contributed by atoms with Crippen LogP contribution in [0, 0.1) is 0 Å². The van der Waals surface area contributed by atoms with Gasteiger partial charge in [-0.05, 0) is 25.0 Å². The third-order valence-electron chi connectivity index (χ3n) is 3.22. The van der Waals surface area contributed by atoms with E-state index < -0.39 is 5.97 Å². The van der Waals surface area contributed by atoms with Gasteiger partial charge in [0.05, 0.1) is 5.02 Å². The smallest absolute Gasteiger partial charge is 0.331 e. The van der Waals surface area contributed by atoms with Gasteiger partial charge in [-0.3, -0.25) is 4.79 Å². The molecule has 6 heteroatoms. The lowest BCUT2D eigenvalue weighted by Crippen LogP contribution is -2.30. The van der Waals surface area contributed by atoms with E-state index in [4.69, 9.17) is 16.3 Å². The second-order valence-electron chi connectivity index (χ2n) is 5.06. The van der Waals surface area contributed by atoms with E-state index in [9.17, 15) is 9.59 Å². The molecule has 4 nitrogen and oxygen atoms in total. The third-order valence-corrected chi connectivity index (χ3v) is 4.87. The van der Waals surface area contributed by atoms with Gasteiger partial charge in [0, 0.05) is 27.1 Å². The first-order chi connectivity index (χ1) is 10.6. The molecule has 0 radical (unpaired) electrons. The average Bonchev–Trinajstić information content (AvgIpc) is 3.27. The van der Waals surface area contributed by atoms with Crippen LogP contribution in [0.3, 0.4) is 0 Å². The lowest BCUT2D eigenvalue weighted by atomic mass is 10.2. The first kappa shape index (κ1) is 15.1. The Hall–Kier alpha value is -1.85. The molecule has 1 saturated carbocycles. The predicted molar refractivity (Wildman–Crippen MR) is 88.0 cm³/mol. The Kier molecular flexibility index (Phi) is 4.45. The number of ether oxygens (including phenoxy) is 1. The largest absolute Gasteiger partial charge is 0.452 e. The molecule has 1 aromatic heterocycles. The molecule has 0 saturated heterocycles. The van der Waals surface area contributed by atoms with Gasteiger partial charge >= 0.3 is 5.97 Å². The standard InChI is InChI=1S/C16H14ClNO3S/c17-16-11-3-1-2-4-12(11)22-13(16)7-8-15(20)21-9-14(19)18-10-5-6-10/h1-4,7-8,10H,5-6,9H2,(H,18,19)/b8-7+. The topological polar surface area (TPSA) is 55.4 Å². The van der Waals surface area contributed by atoms with E-state index in [-0.39, 0.29) is 18.6 Å². The highest BCUT2D eigenvalue weighted by molar-refractivity contribution is 7.20. The van der Waals surface area contributed by atoms with Crippen molar-refractivity contribution in [2.24, 2.45) is 0 Å². The summed E-state index contributed by atoms with van der Waals surface area (Å²) in [5.74, 6) is -0.816. The SMILES string of the molecule is O=C(COC(=O)/C=C/c1sc2ccccc2c1Cl)NC1CC1. The molecule has 1 N–H and O–H groups in total. The Morgan fingerprint density at radius 1 is 1.36 bits per heavy atom. The summed E-state index contributed by atoms with van der Waals surface area (Å²) in [6.07, 6.45) is 4.92. The summed E-state index contributed by atoms with van der Waals surface area (Å²) < 4.78 is 5.95. The van der Waals surface area contributed by atoms with Crippen molar-refractivity contribution in [2.75, 3.05) is 6.61 Å². The second kappa shape index (κ2) is 6.50. The number of thiophene rings is 1. The number of amides is 1. The van der Waals surface area contributed by atoms with Crippen LogP contribution in [-0.4, -0.2) is 24.5 Å². The minimum absolute atomic E-state index is 0.250. The number of fused-ring (bicyclic) bond motifs is 1. The Bertz CT molecular complexity index is 749. The highest BCUT2D eigenvalue weighted by Gasteiger charge is 2.23. The minimum atomic E-state index is -0.556. The minimum Gasteiger partial charge on any atom is -0.452 e. The molecule has 3 rings (SSSR count). The molecule has 0 atom stereocenters. The summed E-state index contributed by atoms with van der Waals surface area (Å²) in [5, 5.41) is 4.34. The number of carbonyl (C=O) groups excluding carboxylic acids is 2. The molecule has 1 heterocycles. The lowest BCUT2D eigenvalue weighted by molar-refractivity contribution is -0.143. The van der Waals surface area contributed by atoms with Crippen LogP contribution in [0.2, 0.25) is 5.02 Å². The summed E-state index contributed by atoms with van der Waals surface area (Å²) in [6, 6.07) is 8.03. The van der Waals surface area contributed by atoms with Crippen LogP contribution in [0.4, 0.5) is 0 Å². The molecule has 0 unspecified atom stereocenters. The zero-order valence-electron chi connectivity index (χ0n) is 11.7. The highest BCUT2D eigenvalue weighted by Crippen LogP contribution is 2.35. The summed E-state index contributed by atoms with van der Waals surface area (Å²) in [4.78, 5) is 23.8. The van der Waals surface area contributed by atoms with Gasteiger partial charge < -0.3 is 10.1 Å². The average molecular weight is 336 g/mol. The number of nitrogens with one attached hydrogen (secondary N) is 1. The van der Waals surface area contributed by atoms with Crippen molar-refractivity contribution in [3.63, 3.8) is 0 Å². The quantitative estimate of drug-likeness (QED) is 0.673. The molecule has 0 aliphatic heterocycles. The van der Waals surface area contributed by atoms with Crippen molar-refractivity contribution in [1.82, 2.24) is 5.32 Å². The molecule has 22 heavy (non-hydrogen) atoms. The normalized spacial score (nSPS) is 14.4. The molecule has 1 aliphatic carbocycles. The zero-order chi connectivity index (χ0) is 15.5. The molecule has 2 aromatic rings. The molecule has 0 bridgehead atoms. The molecular weight excluding hydrogens is 322 g/mol. The fourth-order valence-electron chi connectivity index (χ4n) is 1.97. The van der Waals surface area contributed by atoms with Gasteiger partial charge in [0.15, 0.2) is 6.61 Å². The summed E-state index contributed by atoms with van der Waals surface area (Å²) >= 11 is 7.78. The van der Waals surface area contributed by atoms with E-state index in [2.05, 4.69) is 5.32 Å². The number of esters is 1. The molecule has 114 valence electrons. The third kappa shape index (κ3) is 3.67. The van der Waals surface area contributed by atoms with Gasteiger partial charge in [-0.25, -0.2) is 4.79 Å². The fraction of sp³-hybridized carbons (Fsp3) is 0.250. The van der Waals surface area contributed by atoms with Gasteiger partial charge in [0.1, 0.15) is 0 Å². The van der Waals surface area contributed by atoms with Crippen LogP contribution >= 0.6 is 22.9 Å². The second-order valence-corrected chi connectivity index (χ2v) is 6.52. The van der Waals surface area contributed by atoms with Crippen LogP contribution in [-0.2, 0) is 14.3 Å². The molecule has 0 spiro atoms. The number of rotatable bonds is 5. The maximum atomic E-state index is 11.6. The van der Waals surface area contributed by atoms with Crippen molar-refractivity contribution >= 4 is 51.0 Å². The van der Waals surface area contributed by atoms with E-state index in [0.29, 0.717) is 5.02 Å². The predicted octanol–water partition coefficient (Wildman–Crippen LogP) is 3.39. The van der Waals surface area contributed by atoms with Crippen LogP contribution in [0.15, 0.2) is 30.3 Å². The van der Waals surface area contributed by atoms with Crippen molar-refractivity contribution in [2.45, 2.75) is 18.9 Å². The van der Waals surface area contributed by atoms with E-state index >= 15 is 0 Å². The van der Waals surface area contributed by atoms with Crippen molar-refractivity contribution < 1.29 is 14.3 Å². The molecular formula is C16H14ClNO3S. The Morgan fingerprint density at radius 2 is 2.14 bits per heavy atom. The number of hydrogen-bond donors (Lipinski definition) is 1. The number of hydrogen-bond acceptors (Lipinski definition) is 4. The number of halogens is 1. The van der Waals surface area contributed by atoms with Crippen molar-refractivity contribution in [1.29, 1.82) is 0 Å². The number of benzene rings is 1. The van der Waals surface area contributed by atoms with E-state index in [1.54, 1.807) is 6.08 Å². The van der Waals surface area contributed by atoms with Crippen molar-refractivity contribution in [3.8, 4) is 0 Å². The molecule has 1 fully saturated rings. The van der Waals surface area contributed by atoms with Crippen molar-refractivity contribution in [3.05, 3.63) is 40.2 Å². The van der Waals surface area contributed by atoms with Crippen LogP contribution in [0.5, 0.6) is 0 Å². The van der Waals surface area contributed by atoms with Crippen LogP contribution in [0.1, 0.15) is 17.7 Å². The van der Waals surface area contributed by atoms with Gasteiger partial charge in [-0.1, -0.05) is 29.8 Å². The Balaban J connectivity index is 1.58. The lowest BCUT2D eigenvalue weighted by Gasteiger charge is -2.02. The van der Waals surface area contributed by atoms with E-state index in [0.717, 1.165) is 27.8 Å². The Morgan fingerprint density at radius 3 is 2.86 bits per heavy atom. The number of carbonyl (C=O) groups is 2. The summed E-state index contributed by atoms with van der Waals surface area (Å²) in [6.45, 7) is -0.250. The summed E-state index contributed by atoms with van der Waals surface area (Å²) in [5.41, 5.74) is 0. The highest BCUT2D eigenvalue weighted by atomic mass is 35.5. The Labute approximate surface area is 136 Å². The van der Waals surface area contributed by atoms with E-state index in [1.807, 2.05) is 24.3 Å². The van der Waals surface area contributed by atoms with Crippen LogP contribution in [0.25, 0.3) is 16.2 Å². The molecule has 1 aliphatic rings. The maximum absolute atomic E-state index is 11.6. The molecule has 1 aromatic carbocycles. The van der Waals surface area contributed by atoms with E-state index in [1.165, 1.54) is 17.4 Å². The maximum Gasteiger partial charge on any atom is 0.331 e. The van der Waals surface area contributed by atoms with Gasteiger partial charge in [0.2, 0.25) is 0 Å². The molecule has 1 amide bonds. The van der Waals surface area contributed by atoms with Gasteiger partial charge in [0.25, 0.3) is 5.91 Å². The first-order valence-electron chi connectivity index (χ1n) is 6.95. The fourth-order valence-corrected chi connectivity index (χ4v) is 3.36. The summed E-state index contributed by atoms with van der Waals surface area (Å²) in [7, 11) is 0. The van der Waals surface area contributed by atoms with Gasteiger partial charge in [-0.2, -0.15) is 0 Å². The van der Waals surface area contributed by atoms with Crippen LogP contribution < -0.4 is 5.32 Å². The van der Waals surface area contributed by atoms with Gasteiger partial charge in [-0.15, -0.1) is 11.3 Å². The zero-order valence-corrected chi connectivity index (χ0v) is 13.2. The monoisotopic (exact) mass is 335 g/mol.